The Kier molecular flexibility index (Phi) is 6.28. The Morgan fingerprint density at radius 2 is 1.36 bits per heavy atom. The van der Waals surface area contributed by atoms with Crippen molar-refractivity contribution < 1.29 is 13.2 Å². The van der Waals surface area contributed by atoms with Crippen LogP contribution in [0.4, 0.5) is 5.69 Å². The van der Waals surface area contributed by atoms with E-state index in [-0.39, 0.29) is 17.3 Å². The van der Waals surface area contributed by atoms with E-state index in [4.69, 9.17) is 0 Å². The molecular formula is C26H29N3O3S. The second-order valence-electron chi connectivity index (χ2n) is 8.65. The molecular weight excluding hydrogens is 434 g/mol. The molecule has 1 saturated heterocycles. The summed E-state index contributed by atoms with van der Waals surface area (Å²) in [6, 6.07) is 21.9. The van der Waals surface area contributed by atoms with Crippen molar-refractivity contribution in [1.29, 1.82) is 0 Å². The molecule has 0 saturated carbocycles. The lowest BCUT2D eigenvalue weighted by Crippen LogP contribution is -2.38. The topological polar surface area (TPSA) is 60.9 Å². The zero-order valence-electron chi connectivity index (χ0n) is 19.4. The van der Waals surface area contributed by atoms with E-state index in [9.17, 15) is 13.2 Å². The first-order valence-electron chi connectivity index (χ1n) is 10.9. The fourth-order valence-corrected chi connectivity index (χ4v) is 5.64. The number of carbonyl (C=O) groups is 1. The molecule has 1 aliphatic heterocycles. The maximum absolute atomic E-state index is 13.6. The molecule has 3 aromatic carbocycles. The van der Waals surface area contributed by atoms with Gasteiger partial charge in [0.25, 0.3) is 5.91 Å². The molecule has 6 nitrogen and oxygen atoms in total. The zero-order chi connectivity index (χ0) is 23.8. The van der Waals surface area contributed by atoms with Gasteiger partial charge in [0, 0.05) is 38.4 Å². The average molecular weight is 464 g/mol. The summed E-state index contributed by atoms with van der Waals surface area (Å²) in [5.41, 5.74) is 4.36. The summed E-state index contributed by atoms with van der Waals surface area (Å²) in [6.07, 6.45) is -0.721. The van der Waals surface area contributed by atoms with Crippen LogP contribution in [0.15, 0.2) is 77.7 Å². The standard InChI is InChI=1S/C26H29N3O3S/c1-19-5-9-22(10-6-19)26(30)28-17-18-29(33(31,32)24-15-7-20(2)8-16-24)25(28)21-11-13-23(14-12-21)27(3)4/h5-16,25H,17-18H2,1-4H3/t25-/m1/s1. The number of nitrogens with zero attached hydrogens (tertiary/aromatic N) is 3. The normalized spacial score (nSPS) is 16.7. The predicted octanol–water partition coefficient (Wildman–Crippen LogP) is 4.21. The number of benzene rings is 3. The molecule has 1 atom stereocenters. The third-order valence-corrected chi connectivity index (χ3v) is 7.89. The van der Waals surface area contributed by atoms with Crippen LogP contribution in [-0.4, -0.2) is 50.7 Å². The van der Waals surface area contributed by atoms with Crippen LogP contribution in [0.5, 0.6) is 0 Å². The second kappa shape index (κ2) is 9.00. The van der Waals surface area contributed by atoms with E-state index < -0.39 is 16.2 Å². The van der Waals surface area contributed by atoms with E-state index in [0.29, 0.717) is 12.1 Å². The lowest BCUT2D eigenvalue weighted by atomic mass is 10.1. The Hall–Kier alpha value is -3.16. The van der Waals surface area contributed by atoms with Gasteiger partial charge in [-0.05, 0) is 55.8 Å². The van der Waals surface area contributed by atoms with Crippen LogP contribution < -0.4 is 4.90 Å². The number of anilines is 1. The molecule has 1 heterocycles. The SMILES string of the molecule is Cc1ccc(C(=O)N2CCN(S(=O)(=O)c3ccc(C)cc3)[C@@H]2c2ccc(N(C)C)cc2)cc1. The van der Waals surface area contributed by atoms with Crippen LogP contribution in [0.1, 0.15) is 33.2 Å². The Morgan fingerprint density at radius 3 is 1.91 bits per heavy atom. The number of rotatable bonds is 5. The smallest absolute Gasteiger partial charge is 0.255 e. The molecule has 1 aliphatic rings. The molecule has 0 aliphatic carbocycles. The Labute approximate surface area is 196 Å². The van der Waals surface area contributed by atoms with Gasteiger partial charge in [-0.2, -0.15) is 4.31 Å². The van der Waals surface area contributed by atoms with Crippen LogP contribution in [0.2, 0.25) is 0 Å². The molecule has 0 bridgehead atoms. The molecule has 3 aromatic rings. The first kappa shape index (κ1) is 23.0. The van der Waals surface area contributed by atoms with Crippen molar-refractivity contribution in [2.75, 3.05) is 32.1 Å². The third kappa shape index (κ3) is 4.51. The van der Waals surface area contributed by atoms with Crippen molar-refractivity contribution in [2.24, 2.45) is 0 Å². The van der Waals surface area contributed by atoms with Gasteiger partial charge in [0.1, 0.15) is 6.17 Å². The molecule has 33 heavy (non-hydrogen) atoms. The van der Waals surface area contributed by atoms with Crippen molar-refractivity contribution in [2.45, 2.75) is 24.9 Å². The van der Waals surface area contributed by atoms with Crippen LogP contribution in [0.3, 0.4) is 0 Å². The Bertz CT molecular complexity index is 1240. The summed E-state index contributed by atoms with van der Waals surface area (Å²) >= 11 is 0. The Balaban J connectivity index is 1.76. The second-order valence-corrected chi connectivity index (χ2v) is 10.5. The van der Waals surface area contributed by atoms with Crippen LogP contribution in [0.25, 0.3) is 0 Å². The van der Waals surface area contributed by atoms with E-state index >= 15 is 0 Å². The van der Waals surface area contributed by atoms with Gasteiger partial charge in [-0.25, -0.2) is 8.42 Å². The molecule has 1 fully saturated rings. The zero-order valence-corrected chi connectivity index (χ0v) is 20.2. The van der Waals surface area contributed by atoms with Crippen molar-refractivity contribution in [1.82, 2.24) is 9.21 Å². The minimum absolute atomic E-state index is 0.182. The largest absolute Gasteiger partial charge is 0.378 e. The quantitative estimate of drug-likeness (QED) is 0.569. The van der Waals surface area contributed by atoms with E-state index in [1.807, 2.05) is 69.2 Å². The summed E-state index contributed by atoms with van der Waals surface area (Å²) < 4.78 is 28.7. The summed E-state index contributed by atoms with van der Waals surface area (Å²) in [6.45, 7) is 4.43. The van der Waals surface area contributed by atoms with Gasteiger partial charge < -0.3 is 9.80 Å². The van der Waals surface area contributed by atoms with Crippen LogP contribution in [-0.2, 0) is 10.0 Å². The molecule has 0 unspecified atom stereocenters. The van der Waals surface area contributed by atoms with Crippen molar-refractivity contribution in [3.63, 3.8) is 0 Å². The van der Waals surface area contributed by atoms with Crippen LogP contribution in [0, 0.1) is 13.8 Å². The van der Waals surface area contributed by atoms with E-state index in [1.165, 1.54) is 4.31 Å². The van der Waals surface area contributed by atoms with Crippen molar-refractivity contribution in [3.8, 4) is 0 Å². The number of amides is 1. The Morgan fingerprint density at radius 1 is 0.818 bits per heavy atom. The lowest BCUT2D eigenvalue weighted by molar-refractivity contribution is 0.0693. The number of sulfonamides is 1. The number of hydrogen-bond acceptors (Lipinski definition) is 4. The van der Waals surface area contributed by atoms with Gasteiger partial charge in [-0.3, -0.25) is 4.79 Å². The highest BCUT2D eigenvalue weighted by Gasteiger charge is 2.43. The summed E-state index contributed by atoms with van der Waals surface area (Å²) in [5, 5.41) is 0. The van der Waals surface area contributed by atoms with E-state index in [2.05, 4.69) is 0 Å². The van der Waals surface area contributed by atoms with Crippen LogP contribution >= 0.6 is 0 Å². The number of carbonyl (C=O) groups excluding carboxylic acids is 1. The third-order valence-electron chi connectivity index (χ3n) is 6.02. The summed E-state index contributed by atoms with van der Waals surface area (Å²) in [5.74, 6) is -0.182. The maximum Gasteiger partial charge on any atom is 0.255 e. The molecule has 0 radical (unpaired) electrons. The van der Waals surface area contributed by atoms with Gasteiger partial charge in [0.15, 0.2) is 0 Å². The molecule has 4 rings (SSSR count). The minimum atomic E-state index is -3.81. The first-order chi connectivity index (χ1) is 15.7. The average Bonchev–Trinajstić information content (AvgIpc) is 3.25. The monoisotopic (exact) mass is 463 g/mol. The summed E-state index contributed by atoms with van der Waals surface area (Å²) in [4.78, 5) is 17.3. The first-order valence-corrected chi connectivity index (χ1v) is 12.4. The number of aryl methyl sites for hydroxylation is 2. The van der Waals surface area contributed by atoms with Gasteiger partial charge in [0.2, 0.25) is 10.0 Å². The molecule has 172 valence electrons. The molecule has 0 aromatic heterocycles. The van der Waals surface area contributed by atoms with Crippen molar-refractivity contribution >= 4 is 21.6 Å². The van der Waals surface area contributed by atoms with E-state index in [0.717, 1.165) is 22.4 Å². The molecule has 7 heteroatoms. The summed E-state index contributed by atoms with van der Waals surface area (Å²) in [7, 11) is 0.0951. The number of hydrogen-bond donors (Lipinski definition) is 0. The van der Waals surface area contributed by atoms with Crippen molar-refractivity contribution in [3.05, 3.63) is 95.1 Å². The fraction of sp³-hybridized carbons (Fsp3) is 0.269. The highest BCUT2D eigenvalue weighted by Crippen LogP contribution is 2.36. The fourth-order valence-electron chi connectivity index (χ4n) is 4.07. The van der Waals surface area contributed by atoms with Gasteiger partial charge >= 0.3 is 0 Å². The molecule has 0 N–H and O–H groups in total. The van der Waals surface area contributed by atoms with Gasteiger partial charge in [0.05, 0.1) is 4.90 Å². The predicted molar refractivity (Wildman–Crippen MR) is 131 cm³/mol. The molecule has 0 spiro atoms. The van der Waals surface area contributed by atoms with Gasteiger partial charge in [-0.1, -0.05) is 47.5 Å². The maximum atomic E-state index is 13.6. The molecule has 1 amide bonds. The highest BCUT2D eigenvalue weighted by molar-refractivity contribution is 7.89. The minimum Gasteiger partial charge on any atom is -0.378 e. The van der Waals surface area contributed by atoms with Gasteiger partial charge in [-0.15, -0.1) is 0 Å². The lowest BCUT2D eigenvalue weighted by Gasteiger charge is -2.30. The van der Waals surface area contributed by atoms with E-state index in [1.54, 1.807) is 41.3 Å². The highest BCUT2D eigenvalue weighted by atomic mass is 32.2.